The van der Waals surface area contributed by atoms with Gasteiger partial charge in [-0.2, -0.15) is 5.10 Å². The van der Waals surface area contributed by atoms with E-state index in [1.807, 2.05) is 23.7 Å². The number of hydrogen-bond acceptors (Lipinski definition) is 4. The van der Waals surface area contributed by atoms with Crippen molar-refractivity contribution in [3.05, 3.63) is 47.0 Å². The van der Waals surface area contributed by atoms with Crippen LogP contribution >= 0.6 is 0 Å². The molecule has 2 aromatic heterocycles. The summed E-state index contributed by atoms with van der Waals surface area (Å²) >= 11 is 0. The van der Waals surface area contributed by atoms with Gasteiger partial charge in [0.05, 0.1) is 12.3 Å². The Labute approximate surface area is 141 Å². The largest absolute Gasteiger partial charge is 0.370 e. The van der Waals surface area contributed by atoms with Crippen LogP contribution in [0.4, 0.5) is 0 Å². The molecule has 6 heteroatoms. The molecule has 1 aliphatic heterocycles. The molecule has 0 aromatic carbocycles. The van der Waals surface area contributed by atoms with E-state index in [0.29, 0.717) is 18.8 Å². The van der Waals surface area contributed by atoms with Crippen molar-refractivity contribution in [2.75, 3.05) is 13.2 Å². The molecule has 1 aliphatic carbocycles. The fraction of sp³-hybridized carbons (Fsp3) is 0.500. The number of rotatable bonds is 5. The second kappa shape index (κ2) is 6.36. The van der Waals surface area contributed by atoms with Crippen molar-refractivity contribution in [2.45, 2.75) is 38.8 Å². The third kappa shape index (κ3) is 3.33. The average Bonchev–Trinajstić information content (AvgIpc) is 3.29. The highest BCUT2D eigenvalue weighted by Crippen LogP contribution is 2.32. The molecule has 6 nitrogen and oxygen atoms in total. The predicted molar refractivity (Wildman–Crippen MR) is 88.7 cm³/mol. The fourth-order valence-corrected chi connectivity index (χ4v) is 3.09. The quantitative estimate of drug-likeness (QED) is 0.913. The second-order valence-corrected chi connectivity index (χ2v) is 6.69. The lowest BCUT2D eigenvalue weighted by Gasteiger charge is -2.22. The van der Waals surface area contributed by atoms with Gasteiger partial charge in [-0.05, 0) is 49.8 Å². The molecule has 1 N–H and O–H groups in total. The third-order valence-corrected chi connectivity index (χ3v) is 4.58. The number of amides is 1. The molecule has 1 saturated carbocycles. The van der Waals surface area contributed by atoms with Crippen LogP contribution in [0.2, 0.25) is 0 Å². The van der Waals surface area contributed by atoms with Gasteiger partial charge in [0.2, 0.25) is 0 Å². The van der Waals surface area contributed by atoms with Crippen LogP contribution < -0.4 is 5.32 Å². The molecular weight excluding hydrogens is 304 g/mol. The standard InChI is InChI=1S/C18H22N4O2/c1-12-3-2-4-15(20-12)18(23)19-9-16-17-14(7-8-24-16)11-22(21-17)10-13-5-6-13/h2-4,11,13,16H,5-10H2,1H3,(H,19,23)/t16-/m0/s1. The van der Waals surface area contributed by atoms with Crippen molar-refractivity contribution < 1.29 is 9.53 Å². The maximum atomic E-state index is 12.3. The van der Waals surface area contributed by atoms with Gasteiger partial charge in [-0.1, -0.05) is 6.07 Å². The van der Waals surface area contributed by atoms with Gasteiger partial charge in [-0.15, -0.1) is 0 Å². The zero-order chi connectivity index (χ0) is 16.5. The van der Waals surface area contributed by atoms with E-state index in [4.69, 9.17) is 9.84 Å². The molecule has 0 saturated heterocycles. The fourth-order valence-electron chi connectivity index (χ4n) is 3.09. The summed E-state index contributed by atoms with van der Waals surface area (Å²) in [7, 11) is 0. The molecule has 126 valence electrons. The zero-order valence-corrected chi connectivity index (χ0v) is 13.9. The van der Waals surface area contributed by atoms with Gasteiger partial charge in [0.25, 0.3) is 5.91 Å². The summed E-state index contributed by atoms with van der Waals surface area (Å²) in [5.74, 6) is 0.615. The number of pyridine rings is 1. The predicted octanol–water partition coefficient (Wildman–Crippen LogP) is 2.04. The molecule has 1 fully saturated rings. The van der Waals surface area contributed by atoms with Gasteiger partial charge in [-0.25, -0.2) is 4.98 Å². The smallest absolute Gasteiger partial charge is 0.269 e. The topological polar surface area (TPSA) is 69.0 Å². The number of carbonyl (C=O) groups excluding carboxylic acids is 1. The molecule has 0 radical (unpaired) electrons. The summed E-state index contributed by atoms with van der Waals surface area (Å²) in [4.78, 5) is 16.5. The minimum Gasteiger partial charge on any atom is -0.370 e. The molecular formula is C18H22N4O2. The van der Waals surface area contributed by atoms with E-state index in [1.165, 1.54) is 18.4 Å². The van der Waals surface area contributed by atoms with Crippen molar-refractivity contribution in [3.63, 3.8) is 0 Å². The van der Waals surface area contributed by atoms with Crippen LogP contribution in [0, 0.1) is 12.8 Å². The molecule has 1 amide bonds. The number of nitrogens with one attached hydrogen (secondary N) is 1. The lowest BCUT2D eigenvalue weighted by atomic mass is 10.1. The van der Waals surface area contributed by atoms with Crippen LogP contribution in [0.5, 0.6) is 0 Å². The van der Waals surface area contributed by atoms with E-state index in [9.17, 15) is 4.79 Å². The number of ether oxygens (including phenoxy) is 1. The number of nitrogens with zero attached hydrogens (tertiary/aromatic N) is 3. The Morgan fingerprint density at radius 1 is 1.42 bits per heavy atom. The van der Waals surface area contributed by atoms with Crippen LogP contribution in [-0.2, 0) is 17.7 Å². The average molecular weight is 326 g/mol. The number of aromatic nitrogens is 3. The highest BCUT2D eigenvalue weighted by atomic mass is 16.5. The Morgan fingerprint density at radius 2 is 2.29 bits per heavy atom. The maximum Gasteiger partial charge on any atom is 0.269 e. The highest BCUT2D eigenvalue weighted by molar-refractivity contribution is 5.92. The first kappa shape index (κ1) is 15.3. The second-order valence-electron chi connectivity index (χ2n) is 6.69. The minimum atomic E-state index is -0.178. The first-order valence-electron chi connectivity index (χ1n) is 8.59. The van der Waals surface area contributed by atoms with Crippen molar-refractivity contribution in [3.8, 4) is 0 Å². The monoisotopic (exact) mass is 326 g/mol. The highest BCUT2D eigenvalue weighted by Gasteiger charge is 2.27. The Kier molecular flexibility index (Phi) is 4.06. The lowest BCUT2D eigenvalue weighted by molar-refractivity contribution is 0.0382. The van der Waals surface area contributed by atoms with Gasteiger partial charge < -0.3 is 10.1 Å². The van der Waals surface area contributed by atoms with Crippen molar-refractivity contribution in [1.29, 1.82) is 0 Å². The Morgan fingerprint density at radius 3 is 3.08 bits per heavy atom. The van der Waals surface area contributed by atoms with Gasteiger partial charge in [-0.3, -0.25) is 9.48 Å². The summed E-state index contributed by atoms with van der Waals surface area (Å²) < 4.78 is 7.89. The lowest BCUT2D eigenvalue weighted by Crippen LogP contribution is -2.32. The van der Waals surface area contributed by atoms with Crippen LogP contribution in [-0.4, -0.2) is 33.8 Å². The van der Waals surface area contributed by atoms with E-state index in [1.54, 1.807) is 6.07 Å². The molecule has 2 aliphatic rings. The van der Waals surface area contributed by atoms with Gasteiger partial charge in [0.1, 0.15) is 11.8 Å². The summed E-state index contributed by atoms with van der Waals surface area (Å²) in [6.07, 6.45) is 5.48. The molecule has 3 heterocycles. The molecule has 0 spiro atoms. The summed E-state index contributed by atoms with van der Waals surface area (Å²) in [5.41, 5.74) is 3.48. The van der Waals surface area contributed by atoms with E-state index < -0.39 is 0 Å². The van der Waals surface area contributed by atoms with Crippen LogP contribution in [0.25, 0.3) is 0 Å². The summed E-state index contributed by atoms with van der Waals surface area (Å²) in [6.45, 7) is 3.96. The molecule has 2 aromatic rings. The van der Waals surface area contributed by atoms with E-state index in [0.717, 1.165) is 30.3 Å². The van der Waals surface area contributed by atoms with E-state index >= 15 is 0 Å². The number of aryl methyl sites for hydroxylation is 1. The normalized spacial score (nSPS) is 19.8. The molecule has 4 rings (SSSR count). The number of carbonyl (C=O) groups is 1. The number of fused-ring (bicyclic) bond motifs is 1. The Bertz CT molecular complexity index is 751. The van der Waals surface area contributed by atoms with E-state index in [-0.39, 0.29) is 12.0 Å². The number of hydrogen-bond donors (Lipinski definition) is 1. The molecule has 0 bridgehead atoms. The van der Waals surface area contributed by atoms with Gasteiger partial charge >= 0.3 is 0 Å². The third-order valence-electron chi connectivity index (χ3n) is 4.58. The van der Waals surface area contributed by atoms with Crippen molar-refractivity contribution in [2.24, 2.45) is 5.92 Å². The molecule has 24 heavy (non-hydrogen) atoms. The van der Waals surface area contributed by atoms with Gasteiger partial charge in [0.15, 0.2) is 0 Å². The summed E-state index contributed by atoms with van der Waals surface area (Å²) in [6, 6.07) is 5.44. The first-order valence-corrected chi connectivity index (χ1v) is 8.59. The van der Waals surface area contributed by atoms with Crippen molar-refractivity contribution >= 4 is 5.91 Å². The van der Waals surface area contributed by atoms with Gasteiger partial charge in [0, 0.05) is 25.0 Å². The summed E-state index contributed by atoms with van der Waals surface area (Å²) in [5, 5.41) is 7.63. The van der Waals surface area contributed by atoms with Crippen LogP contribution in [0.3, 0.4) is 0 Å². The zero-order valence-electron chi connectivity index (χ0n) is 13.9. The Balaban J connectivity index is 1.42. The maximum absolute atomic E-state index is 12.3. The van der Waals surface area contributed by atoms with Crippen LogP contribution in [0.1, 0.15) is 46.4 Å². The SMILES string of the molecule is Cc1cccc(C(=O)NC[C@@H]2OCCc3cn(CC4CC4)nc32)n1. The van der Waals surface area contributed by atoms with E-state index in [2.05, 4.69) is 16.5 Å². The minimum absolute atomic E-state index is 0.174. The van der Waals surface area contributed by atoms with Crippen LogP contribution in [0.15, 0.2) is 24.4 Å². The molecule has 0 unspecified atom stereocenters. The molecule has 1 atom stereocenters. The Hall–Kier alpha value is -2.21. The first-order chi connectivity index (χ1) is 11.7. The van der Waals surface area contributed by atoms with Crippen molar-refractivity contribution in [1.82, 2.24) is 20.1 Å².